The maximum Gasteiger partial charge on any atom is 0.123 e. The molecule has 0 N–H and O–H groups in total. The van der Waals surface area contributed by atoms with Gasteiger partial charge in [0.1, 0.15) is 17.4 Å². The minimum absolute atomic E-state index is 0.125. The van der Waals surface area contributed by atoms with E-state index in [9.17, 15) is 8.78 Å². The lowest BCUT2D eigenvalue weighted by atomic mass is 9.97. The summed E-state index contributed by atoms with van der Waals surface area (Å²) in [6, 6.07) is 21.5. The first-order chi connectivity index (χ1) is 17.0. The van der Waals surface area contributed by atoms with E-state index in [0.717, 1.165) is 54.2 Å². The Hall–Kier alpha value is -3.02. The summed E-state index contributed by atoms with van der Waals surface area (Å²) in [5.74, 6) is 0.326. The minimum atomic E-state index is -0.250. The van der Waals surface area contributed by atoms with Crippen molar-refractivity contribution in [2.75, 3.05) is 39.8 Å². The second-order valence-corrected chi connectivity index (χ2v) is 9.12. The predicted molar refractivity (Wildman–Crippen MR) is 139 cm³/mol. The van der Waals surface area contributed by atoms with Crippen LogP contribution in [0.4, 0.5) is 8.78 Å². The molecule has 0 amide bonds. The largest absolute Gasteiger partial charge is 0.497 e. The summed E-state index contributed by atoms with van der Waals surface area (Å²) in [7, 11) is 1.65. The first-order valence-electron chi connectivity index (χ1n) is 12.4. The molecule has 1 aliphatic rings. The molecule has 0 aromatic heterocycles. The van der Waals surface area contributed by atoms with Gasteiger partial charge in [-0.3, -0.25) is 4.90 Å². The highest BCUT2D eigenvalue weighted by Gasteiger charge is 2.19. The molecule has 4 rings (SSSR count). The minimum Gasteiger partial charge on any atom is -0.497 e. The maximum atomic E-state index is 13.7. The van der Waals surface area contributed by atoms with Crippen molar-refractivity contribution in [2.45, 2.75) is 25.8 Å². The maximum absolute atomic E-state index is 13.7. The number of benzene rings is 3. The highest BCUT2D eigenvalue weighted by atomic mass is 19.1. The monoisotopic (exact) mass is 476 g/mol. The molecule has 3 nitrogen and oxygen atoms in total. The zero-order chi connectivity index (χ0) is 24.6. The average Bonchev–Trinajstić information content (AvgIpc) is 3.41. The van der Waals surface area contributed by atoms with Crippen LogP contribution >= 0.6 is 0 Å². The Balaban J connectivity index is 1.62. The molecule has 0 saturated carbocycles. The molecular weight excluding hydrogens is 442 g/mol. The Kier molecular flexibility index (Phi) is 8.67. The highest BCUT2D eigenvalue weighted by Crippen LogP contribution is 2.27. The number of likely N-dealkylation sites (tertiary alicyclic amines) is 1. The van der Waals surface area contributed by atoms with Gasteiger partial charge in [0.25, 0.3) is 0 Å². The van der Waals surface area contributed by atoms with E-state index in [0.29, 0.717) is 6.54 Å². The molecule has 0 radical (unpaired) electrons. The Morgan fingerprint density at radius 2 is 1.43 bits per heavy atom. The lowest BCUT2D eigenvalue weighted by Crippen LogP contribution is -2.35. The van der Waals surface area contributed by atoms with Crippen LogP contribution in [0.3, 0.4) is 0 Å². The number of rotatable bonds is 10. The third kappa shape index (κ3) is 6.77. The SMILES string of the molecule is COc1ccc(/C(=C\CN(CCN2CCCC2)C(C)c2ccc(F)cc2)c2ccc(F)cc2)cc1. The van der Waals surface area contributed by atoms with Crippen molar-refractivity contribution in [3.05, 3.63) is 107 Å². The molecule has 0 aliphatic carbocycles. The summed E-state index contributed by atoms with van der Waals surface area (Å²) >= 11 is 0. The van der Waals surface area contributed by atoms with Gasteiger partial charge in [-0.1, -0.05) is 42.5 Å². The molecule has 1 saturated heterocycles. The van der Waals surface area contributed by atoms with Gasteiger partial charge in [0.2, 0.25) is 0 Å². The number of ether oxygens (including phenoxy) is 1. The number of nitrogens with zero attached hydrogens (tertiary/aromatic N) is 2. The van der Waals surface area contributed by atoms with Crippen LogP contribution in [-0.2, 0) is 0 Å². The van der Waals surface area contributed by atoms with Gasteiger partial charge < -0.3 is 9.64 Å². The zero-order valence-corrected chi connectivity index (χ0v) is 20.6. The summed E-state index contributed by atoms with van der Waals surface area (Å²) in [6.45, 7) is 7.12. The molecule has 184 valence electrons. The standard InChI is InChI=1S/C30H34F2N2O/c1-23(24-5-11-27(31)12-6-24)34(22-21-33-18-3-4-19-33)20-17-30(25-7-13-28(32)14-8-25)26-9-15-29(35-2)16-10-26/h5-17,23H,3-4,18-22H2,1-2H3/b30-17-. The molecule has 3 aromatic rings. The van der Waals surface area contributed by atoms with Gasteiger partial charge in [0, 0.05) is 25.7 Å². The Morgan fingerprint density at radius 3 is 2.00 bits per heavy atom. The molecule has 5 heteroatoms. The van der Waals surface area contributed by atoms with Gasteiger partial charge in [0.15, 0.2) is 0 Å². The van der Waals surface area contributed by atoms with Crippen LogP contribution in [0.2, 0.25) is 0 Å². The Morgan fingerprint density at radius 1 is 0.886 bits per heavy atom. The molecule has 1 aliphatic heterocycles. The quantitative estimate of drug-likeness (QED) is 0.329. The fourth-order valence-electron chi connectivity index (χ4n) is 4.68. The van der Waals surface area contributed by atoms with Crippen molar-refractivity contribution in [1.29, 1.82) is 0 Å². The van der Waals surface area contributed by atoms with Crippen LogP contribution in [0.5, 0.6) is 5.75 Å². The van der Waals surface area contributed by atoms with E-state index in [1.54, 1.807) is 7.11 Å². The lowest BCUT2D eigenvalue weighted by molar-refractivity contribution is 0.197. The molecule has 1 heterocycles. The van der Waals surface area contributed by atoms with E-state index in [1.807, 2.05) is 48.5 Å². The number of hydrogen-bond donors (Lipinski definition) is 0. The molecule has 1 fully saturated rings. The van der Waals surface area contributed by atoms with Crippen LogP contribution in [0.15, 0.2) is 78.9 Å². The van der Waals surface area contributed by atoms with Gasteiger partial charge >= 0.3 is 0 Å². The summed E-state index contributed by atoms with van der Waals surface area (Å²) < 4.78 is 32.5. The van der Waals surface area contributed by atoms with Crippen molar-refractivity contribution in [1.82, 2.24) is 9.80 Å². The average molecular weight is 477 g/mol. The topological polar surface area (TPSA) is 15.7 Å². The zero-order valence-electron chi connectivity index (χ0n) is 20.6. The van der Waals surface area contributed by atoms with Crippen LogP contribution in [-0.4, -0.2) is 49.6 Å². The summed E-state index contributed by atoms with van der Waals surface area (Å²) in [4.78, 5) is 4.94. The summed E-state index contributed by atoms with van der Waals surface area (Å²) in [5.41, 5.74) is 4.15. The van der Waals surface area contributed by atoms with E-state index < -0.39 is 0 Å². The molecule has 0 spiro atoms. The first kappa shape index (κ1) is 25.1. The van der Waals surface area contributed by atoms with Gasteiger partial charge in [-0.15, -0.1) is 0 Å². The van der Waals surface area contributed by atoms with Gasteiger partial charge in [-0.05, 0) is 91.5 Å². The van der Waals surface area contributed by atoms with Gasteiger partial charge in [0.05, 0.1) is 7.11 Å². The smallest absolute Gasteiger partial charge is 0.123 e. The molecule has 1 atom stereocenters. The normalized spacial score (nSPS) is 15.5. The highest BCUT2D eigenvalue weighted by molar-refractivity contribution is 5.80. The predicted octanol–water partition coefficient (Wildman–Crippen LogP) is 6.56. The van der Waals surface area contributed by atoms with E-state index in [2.05, 4.69) is 22.8 Å². The van der Waals surface area contributed by atoms with Crippen molar-refractivity contribution >= 4 is 5.57 Å². The number of halogens is 2. The Labute approximate surface area is 207 Å². The third-order valence-electron chi connectivity index (χ3n) is 6.89. The van der Waals surface area contributed by atoms with Gasteiger partial charge in [-0.2, -0.15) is 0 Å². The van der Waals surface area contributed by atoms with Crippen molar-refractivity contribution < 1.29 is 13.5 Å². The van der Waals surface area contributed by atoms with Crippen molar-refractivity contribution in [3.8, 4) is 5.75 Å². The number of methoxy groups -OCH3 is 1. The van der Waals surface area contributed by atoms with Crippen LogP contribution in [0, 0.1) is 11.6 Å². The fraction of sp³-hybridized carbons (Fsp3) is 0.333. The Bertz CT molecular complexity index is 1090. The summed E-state index contributed by atoms with van der Waals surface area (Å²) in [6.07, 6.45) is 4.75. The van der Waals surface area contributed by atoms with Crippen LogP contribution < -0.4 is 4.74 Å². The molecular formula is C30H34F2N2O. The van der Waals surface area contributed by atoms with Crippen LogP contribution in [0.25, 0.3) is 5.57 Å². The van der Waals surface area contributed by atoms with Gasteiger partial charge in [-0.25, -0.2) is 8.78 Å². The lowest BCUT2D eigenvalue weighted by Gasteiger charge is -2.30. The number of hydrogen-bond acceptors (Lipinski definition) is 3. The van der Waals surface area contributed by atoms with E-state index >= 15 is 0 Å². The first-order valence-corrected chi connectivity index (χ1v) is 12.4. The fourth-order valence-corrected chi connectivity index (χ4v) is 4.68. The third-order valence-corrected chi connectivity index (χ3v) is 6.89. The van der Waals surface area contributed by atoms with E-state index in [4.69, 9.17) is 4.74 Å². The van der Waals surface area contributed by atoms with Crippen LogP contribution in [0.1, 0.15) is 42.5 Å². The molecule has 35 heavy (non-hydrogen) atoms. The summed E-state index contributed by atoms with van der Waals surface area (Å²) in [5, 5.41) is 0. The van der Waals surface area contributed by atoms with Crippen molar-refractivity contribution in [3.63, 3.8) is 0 Å². The second-order valence-electron chi connectivity index (χ2n) is 9.12. The molecule has 3 aromatic carbocycles. The van der Waals surface area contributed by atoms with E-state index in [1.165, 1.54) is 37.1 Å². The second kappa shape index (κ2) is 12.1. The van der Waals surface area contributed by atoms with Crippen molar-refractivity contribution in [2.24, 2.45) is 0 Å². The molecule has 0 bridgehead atoms. The molecule has 1 unspecified atom stereocenters. The van der Waals surface area contributed by atoms with E-state index in [-0.39, 0.29) is 17.7 Å².